The third-order valence-electron chi connectivity index (χ3n) is 12.3. The summed E-state index contributed by atoms with van der Waals surface area (Å²) in [7, 11) is 3.22. The number of benzene rings is 3. The number of allylic oxidation sites excluding steroid dienone is 2. The summed E-state index contributed by atoms with van der Waals surface area (Å²) in [6.07, 6.45) is 2.51. The fraction of sp³-hybridized carbons (Fsp3) is 0.310. The number of carbonyl (C=O) groups excluding carboxylic acids is 4. The molecule has 10 nitrogen and oxygen atoms in total. The summed E-state index contributed by atoms with van der Waals surface area (Å²) < 4.78 is 8.00. The fourth-order valence-electron chi connectivity index (χ4n) is 9.67. The fourth-order valence-corrected chi connectivity index (χ4v) is 11.0. The highest BCUT2D eigenvalue weighted by atomic mass is 35.5. The van der Waals surface area contributed by atoms with Crippen molar-refractivity contribution in [1.82, 2.24) is 14.7 Å². The van der Waals surface area contributed by atoms with Gasteiger partial charge in [0.25, 0.3) is 0 Å². The number of anilines is 1. The van der Waals surface area contributed by atoms with Crippen LogP contribution in [0.5, 0.6) is 11.5 Å². The number of methoxy groups -OCH3 is 1. The summed E-state index contributed by atoms with van der Waals surface area (Å²) in [6.45, 7) is 3.97. The molecule has 274 valence electrons. The van der Waals surface area contributed by atoms with Gasteiger partial charge in [-0.25, -0.2) is 4.90 Å². The molecule has 12 heteroatoms. The van der Waals surface area contributed by atoms with E-state index in [4.69, 9.17) is 21.4 Å². The summed E-state index contributed by atoms with van der Waals surface area (Å²) in [4.78, 5) is 61.7. The Morgan fingerprint density at radius 2 is 1.76 bits per heavy atom. The second kappa shape index (κ2) is 12.4. The van der Waals surface area contributed by atoms with Crippen molar-refractivity contribution in [1.29, 1.82) is 0 Å². The van der Waals surface area contributed by atoms with E-state index in [1.807, 2.05) is 61.5 Å². The van der Waals surface area contributed by atoms with Gasteiger partial charge in [-0.3, -0.25) is 28.8 Å². The Hall–Kier alpha value is -5.26. The smallest absolute Gasteiger partial charge is 0.242 e. The molecule has 0 bridgehead atoms. The van der Waals surface area contributed by atoms with Crippen LogP contribution in [0.2, 0.25) is 5.02 Å². The summed E-state index contributed by atoms with van der Waals surface area (Å²) >= 11 is 7.88. The van der Waals surface area contributed by atoms with Crippen LogP contribution in [0.3, 0.4) is 0 Å². The molecule has 2 aliphatic carbocycles. The number of phenolic OH excluding ortho intramolecular Hbond substituents is 1. The van der Waals surface area contributed by atoms with E-state index in [1.165, 1.54) is 23.0 Å². The van der Waals surface area contributed by atoms with Crippen LogP contribution in [0.4, 0.5) is 5.82 Å². The van der Waals surface area contributed by atoms with Crippen LogP contribution in [0, 0.1) is 36.0 Å². The lowest BCUT2D eigenvalue weighted by molar-refractivity contribution is -0.141. The summed E-state index contributed by atoms with van der Waals surface area (Å²) in [5.41, 5.74) is 2.40. The number of ether oxygens (including phenoxy) is 1. The van der Waals surface area contributed by atoms with Crippen molar-refractivity contribution >= 4 is 62.5 Å². The van der Waals surface area contributed by atoms with Crippen LogP contribution in [0.1, 0.15) is 42.4 Å². The van der Waals surface area contributed by atoms with Gasteiger partial charge in [0, 0.05) is 40.4 Å². The predicted molar refractivity (Wildman–Crippen MR) is 205 cm³/mol. The van der Waals surface area contributed by atoms with Crippen LogP contribution < -0.4 is 9.64 Å². The SMILES string of the molecule is COc1ccc(C2C3=CCC4C(=O)N(Cc5ccccc5)C(=O)C4C3CC3C(=O)N(c4cc(-c5sc6ccc(Cl)cc6c5C)nn4C)C(=O)C32C)c(O)c1. The molecule has 4 aliphatic rings. The Morgan fingerprint density at radius 3 is 2.50 bits per heavy atom. The Balaban J connectivity index is 1.14. The number of amides is 4. The number of carbonyl (C=O) groups is 4. The molecular formula is C42H37ClN4O6S. The first-order valence-electron chi connectivity index (χ1n) is 18.0. The van der Waals surface area contributed by atoms with E-state index < -0.39 is 46.8 Å². The minimum atomic E-state index is -1.33. The van der Waals surface area contributed by atoms with E-state index in [0.717, 1.165) is 31.7 Å². The molecule has 3 fully saturated rings. The highest BCUT2D eigenvalue weighted by Gasteiger charge is 2.68. The molecule has 4 heterocycles. The van der Waals surface area contributed by atoms with Crippen LogP contribution in [0.15, 0.2) is 84.4 Å². The molecule has 1 N–H and O–H groups in total. The first-order valence-corrected chi connectivity index (χ1v) is 19.2. The van der Waals surface area contributed by atoms with Gasteiger partial charge in [-0.2, -0.15) is 5.10 Å². The zero-order chi connectivity index (χ0) is 37.8. The molecule has 6 atom stereocenters. The predicted octanol–water partition coefficient (Wildman–Crippen LogP) is 7.41. The van der Waals surface area contributed by atoms with Crippen molar-refractivity contribution in [3.63, 3.8) is 0 Å². The van der Waals surface area contributed by atoms with Crippen molar-refractivity contribution in [2.75, 3.05) is 12.0 Å². The van der Waals surface area contributed by atoms with E-state index in [0.29, 0.717) is 34.3 Å². The van der Waals surface area contributed by atoms with E-state index in [-0.39, 0.29) is 30.5 Å². The number of nitrogens with zero attached hydrogens (tertiary/aromatic N) is 4. The van der Waals surface area contributed by atoms with Gasteiger partial charge in [0.15, 0.2) is 0 Å². The van der Waals surface area contributed by atoms with Crippen molar-refractivity contribution < 1.29 is 29.0 Å². The van der Waals surface area contributed by atoms with Gasteiger partial charge >= 0.3 is 0 Å². The van der Waals surface area contributed by atoms with E-state index in [9.17, 15) is 19.5 Å². The van der Waals surface area contributed by atoms with Crippen LogP contribution in [0.25, 0.3) is 20.7 Å². The first kappa shape index (κ1) is 34.5. The molecule has 2 aromatic heterocycles. The average molecular weight is 761 g/mol. The Morgan fingerprint density at radius 1 is 0.981 bits per heavy atom. The van der Waals surface area contributed by atoms with Crippen molar-refractivity contribution in [2.45, 2.75) is 39.2 Å². The molecule has 3 aromatic carbocycles. The minimum Gasteiger partial charge on any atom is -0.508 e. The summed E-state index contributed by atoms with van der Waals surface area (Å²) in [5.74, 6) is -3.99. The molecule has 54 heavy (non-hydrogen) atoms. The molecule has 1 saturated carbocycles. The first-order chi connectivity index (χ1) is 25.9. The van der Waals surface area contributed by atoms with E-state index in [2.05, 4.69) is 0 Å². The second-order valence-electron chi connectivity index (χ2n) is 15.0. The topological polar surface area (TPSA) is 122 Å². The molecule has 4 amide bonds. The van der Waals surface area contributed by atoms with Crippen LogP contribution >= 0.6 is 22.9 Å². The number of hydrogen-bond acceptors (Lipinski definition) is 8. The number of fused-ring (bicyclic) bond motifs is 5. The largest absolute Gasteiger partial charge is 0.508 e. The maximum Gasteiger partial charge on any atom is 0.242 e. The van der Waals surface area contributed by atoms with E-state index >= 15 is 4.79 Å². The number of aromatic nitrogens is 2. The van der Waals surface area contributed by atoms with E-state index in [1.54, 1.807) is 48.2 Å². The average Bonchev–Trinajstić information content (AvgIpc) is 3.83. The quantitative estimate of drug-likeness (QED) is 0.141. The number of aryl methyl sites for hydroxylation is 2. The third-order valence-corrected chi connectivity index (χ3v) is 13.8. The maximum absolute atomic E-state index is 15.1. The lowest BCUT2D eigenvalue weighted by Gasteiger charge is -2.49. The molecule has 0 spiro atoms. The van der Waals surface area contributed by atoms with Crippen LogP contribution in [-0.4, -0.2) is 50.5 Å². The Bertz CT molecular complexity index is 2470. The number of phenols is 1. The van der Waals surface area contributed by atoms with Crippen molar-refractivity contribution in [3.8, 4) is 22.1 Å². The van der Waals surface area contributed by atoms with Gasteiger partial charge in [0.2, 0.25) is 23.6 Å². The maximum atomic E-state index is 15.1. The number of likely N-dealkylation sites (tertiary alicyclic amines) is 1. The normalized spacial score (nSPS) is 26.3. The monoisotopic (exact) mass is 760 g/mol. The number of hydrogen-bond donors (Lipinski definition) is 1. The molecule has 5 aromatic rings. The number of rotatable bonds is 6. The molecule has 0 radical (unpaired) electrons. The van der Waals surface area contributed by atoms with Gasteiger partial charge in [0.1, 0.15) is 23.0 Å². The highest BCUT2D eigenvalue weighted by Crippen LogP contribution is 2.64. The standard InChI is InChI=1S/C42H37ClN4O6S/c1-21-28-16-23(43)10-15-33(28)54-37(21)31-19-34(45(3)44-31)47-39(50)30-18-29-25(36(42(30,2)41(47)52)26-12-11-24(53-4)17-32(26)48)13-14-27-35(29)40(51)46(38(27)49)20-22-8-6-5-7-9-22/h5-13,15-17,19,27,29-30,35-36,48H,14,18,20H2,1-4H3. The molecular weight excluding hydrogens is 724 g/mol. The van der Waals surface area contributed by atoms with Gasteiger partial charge in [0.05, 0.1) is 41.7 Å². The number of imide groups is 2. The lowest BCUT2D eigenvalue weighted by atomic mass is 9.51. The van der Waals surface area contributed by atoms with Gasteiger partial charge < -0.3 is 9.84 Å². The Labute approximate surface area is 320 Å². The summed E-state index contributed by atoms with van der Waals surface area (Å²) in [5, 5.41) is 18.0. The molecule has 6 unspecified atom stereocenters. The molecule has 2 saturated heterocycles. The highest BCUT2D eigenvalue weighted by molar-refractivity contribution is 7.22. The molecule has 2 aliphatic heterocycles. The summed E-state index contributed by atoms with van der Waals surface area (Å²) in [6, 6.07) is 21.9. The van der Waals surface area contributed by atoms with Gasteiger partial charge in [-0.1, -0.05) is 59.6 Å². The van der Waals surface area contributed by atoms with Gasteiger partial charge in [-0.15, -0.1) is 11.3 Å². The Kier molecular flexibility index (Phi) is 7.92. The second-order valence-corrected chi connectivity index (χ2v) is 16.5. The third kappa shape index (κ3) is 4.87. The minimum absolute atomic E-state index is 0.0793. The zero-order valence-electron chi connectivity index (χ0n) is 30.1. The van der Waals surface area contributed by atoms with Gasteiger partial charge in [-0.05, 0) is 73.4 Å². The lowest BCUT2D eigenvalue weighted by Crippen LogP contribution is -2.48. The molecule has 9 rings (SSSR count). The zero-order valence-corrected chi connectivity index (χ0v) is 31.6. The number of thiophene rings is 1. The van der Waals surface area contributed by atoms with Crippen molar-refractivity contribution in [2.24, 2.45) is 36.1 Å². The van der Waals surface area contributed by atoms with Crippen LogP contribution in [-0.2, 0) is 32.8 Å². The number of aromatic hydroxyl groups is 1. The van der Waals surface area contributed by atoms with Crippen molar-refractivity contribution in [3.05, 3.63) is 106 Å². The number of halogens is 1.